The second-order valence-electron chi connectivity index (χ2n) is 3.57. The van der Waals surface area contributed by atoms with Gasteiger partial charge in [-0.25, -0.2) is 9.18 Å². The van der Waals surface area contributed by atoms with Gasteiger partial charge >= 0.3 is 5.97 Å². The number of carbonyl (C=O) groups is 1. The number of hydrogen-bond acceptors (Lipinski definition) is 4. The zero-order valence-corrected chi connectivity index (χ0v) is 10.5. The van der Waals surface area contributed by atoms with Crippen LogP contribution in [0.5, 0.6) is 0 Å². The standard InChI is InChI=1S/C12H13ClFNO3/c1-8(16)18-15-12(10(17)7-11(13)14)9-5-3-2-4-6-9/h2-6,10-11,17H,7H2,1H3/b15-12+. The second-order valence-corrected chi connectivity index (χ2v) is 4.04. The summed E-state index contributed by atoms with van der Waals surface area (Å²) in [4.78, 5) is 15.2. The van der Waals surface area contributed by atoms with E-state index in [9.17, 15) is 14.3 Å². The molecule has 1 aromatic carbocycles. The normalized spacial score (nSPS) is 15.0. The summed E-state index contributed by atoms with van der Waals surface area (Å²) in [7, 11) is 0. The molecule has 98 valence electrons. The van der Waals surface area contributed by atoms with Crippen molar-refractivity contribution in [2.45, 2.75) is 25.1 Å². The number of oxime groups is 1. The Balaban J connectivity index is 2.95. The molecular formula is C12H13ClFNO3. The van der Waals surface area contributed by atoms with E-state index >= 15 is 0 Å². The van der Waals surface area contributed by atoms with Crippen LogP contribution < -0.4 is 0 Å². The maximum Gasteiger partial charge on any atom is 0.331 e. The maximum atomic E-state index is 12.7. The summed E-state index contributed by atoms with van der Waals surface area (Å²) in [6, 6.07) is 8.54. The molecule has 0 aliphatic rings. The fraction of sp³-hybridized carbons (Fsp3) is 0.333. The highest BCUT2D eigenvalue weighted by molar-refractivity contribution is 6.19. The average molecular weight is 274 g/mol. The van der Waals surface area contributed by atoms with Gasteiger partial charge in [0.25, 0.3) is 0 Å². The van der Waals surface area contributed by atoms with Gasteiger partial charge in [0.1, 0.15) is 11.8 Å². The third-order valence-electron chi connectivity index (χ3n) is 2.06. The molecule has 2 unspecified atom stereocenters. The van der Waals surface area contributed by atoms with Crippen LogP contribution in [-0.2, 0) is 9.63 Å². The first-order valence-electron chi connectivity index (χ1n) is 5.27. The zero-order chi connectivity index (χ0) is 13.5. The molecule has 0 spiro atoms. The lowest BCUT2D eigenvalue weighted by atomic mass is 10.0. The largest absolute Gasteiger partial charge is 0.386 e. The van der Waals surface area contributed by atoms with Gasteiger partial charge in [0.2, 0.25) is 0 Å². The van der Waals surface area contributed by atoms with Gasteiger partial charge in [-0.1, -0.05) is 47.1 Å². The van der Waals surface area contributed by atoms with Crippen LogP contribution in [-0.4, -0.2) is 28.5 Å². The van der Waals surface area contributed by atoms with Gasteiger partial charge in [-0.2, -0.15) is 0 Å². The molecule has 6 heteroatoms. The Morgan fingerprint density at radius 3 is 2.61 bits per heavy atom. The average Bonchev–Trinajstić information content (AvgIpc) is 2.29. The van der Waals surface area contributed by atoms with Gasteiger partial charge in [0, 0.05) is 18.9 Å². The highest BCUT2D eigenvalue weighted by Crippen LogP contribution is 2.13. The van der Waals surface area contributed by atoms with E-state index in [2.05, 4.69) is 9.99 Å². The molecule has 0 saturated heterocycles. The van der Waals surface area contributed by atoms with Crippen molar-refractivity contribution in [2.75, 3.05) is 0 Å². The minimum atomic E-state index is -1.70. The summed E-state index contributed by atoms with van der Waals surface area (Å²) < 4.78 is 12.7. The summed E-state index contributed by atoms with van der Waals surface area (Å²) >= 11 is 5.18. The molecule has 0 heterocycles. The summed E-state index contributed by atoms with van der Waals surface area (Å²) in [5, 5.41) is 13.3. The molecule has 1 N–H and O–H groups in total. The molecule has 0 aliphatic carbocycles. The molecule has 1 rings (SSSR count). The quantitative estimate of drug-likeness (QED) is 0.387. The Labute approximate surface area is 109 Å². The number of alkyl halides is 2. The van der Waals surface area contributed by atoms with E-state index in [1.54, 1.807) is 30.3 Å². The Bertz CT molecular complexity index is 423. The van der Waals surface area contributed by atoms with Crippen molar-refractivity contribution >= 4 is 23.3 Å². The fourth-order valence-electron chi connectivity index (χ4n) is 1.31. The van der Waals surface area contributed by atoms with Crippen LogP contribution in [0.15, 0.2) is 35.5 Å². The molecule has 0 aliphatic heterocycles. The molecule has 4 nitrogen and oxygen atoms in total. The number of rotatable bonds is 5. The van der Waals surface area contributed by atoms with Crippen LogP contribution in [0.1, 0.15) is 18.9 Å². The van der Waals surface area contributed by atoms with Crippen molar-refractivity contribution in [3.05, 3.63) is 35.9 Å². The number of halogens is 2. The second kappa shape index (κ2) is 7.08. The molecule has 2 atom stereocenters. The smallest absolute Gasteiger partial charge is 0.331 e. The minimum Gasteiger partial charge on any atom is -0.386 e. The van der Waals surface area contributed by atoms with E-state index in [-0.39, 0.29) is 12.1 Å². The summed E-state index contributed by atoms with van der Waals surface area (Å²) in [5.41, 5.74) is -1.11. The van der Waals surface area contributed by atoms with Crippen molar-refractivity contribution < 1.29 is 19.1 Å². The van der Waals surface area contributed by atoms with E-state index in [1.165, 1.54) is 6.92 Å². The lowest BCUT2D eigenvalue weighted by Crippen LogP contribution is -2.24. The number of carbonyl (C=O) groups excluding carboxylic acids is 1. The Kier molecular flexibility index (Phi) is 5.74. The lowest BCUT2D eigenvalue weighted by molar-refractivity contribution is -0.141. The molecule has 0 aromatic heterocycles. The van der Waals surface area contributed by atoms with Gasteiger partial charge in [-0.05, 0) is 0 Å². The van der Waals surface area contributed by atoms with Crippen molar-refractivity contribution in [3.63, 3.8) is 0 Å². The highest BCUT2D eigenvalue weighted by atomic mass is 35.5. The molecule has 18 heavy (non-hydrogen) atoms. The van der Waals surface area contributed by atoms with Crippen LogP contribution in [0.25, 0.3) is 0 Å². The molecule has 0 bridgehead atoms. The first-order chi connectivity index (χ1) is 8.50. The predicted octanol–water partition coefficient (Wildman–Crippen LogP) is 2.24. The summed E-state index contributed by atoms with van der Waals surface area (Å²) in [5.74, 6) is -0.627. The Hall–Kier alpha value is -1.46. The fourth-order valence-corrected chi connectivity index (χ4v) is 1.48. The molecule has 0 amide bonds. The molecule has 0 radical (unpaired) electrons. The molecular weight excluding hydrogens is 261 g/mol. The summed E-state index contributed by atoms with van der Waals surface area (Å²) in [6.45, 7) is 1.18. The molecule has 0 fully saturated rings. The number of benzene rings is 1. The van der Waals surface area contributed by atoms with E-state index in [0.717, 1.165) is 0 Å². The SMILES string of the molecule is CC(=O)O/N=C(\c1ccccc1)C(O)CC(F)Cl. The van der Waals surface area contributed by atoms with Crippen molar-refractivity contribution in [3.8, 4) is 0 Å². The number of aliphatic hydroxyl groups is 1. The highest BCUT2D eigenvalue weighted by Gasteiger charge is 2.19. The van der Waals surface area contributed by atoms with Gasteiger partial charge in [-0.15, -0.1) is 0 Å². The van der Waals surface area contributed by atoms with E-state index in [1.807, 2.05) is 0 Å². The predicted molar refractivity (Wildman–Crippen MR) is 66.1 cm³/mol. The van der Waals surface area contributed by atoms with Gasteiger partial charge in [-0.3, -0.25) is 0 Å². The van der Waals surface area contributed by atoms with Crippen molar-refractivity contribution in [1.82, 2.24) is 0 Å². The van der Waals surface area contributed by atoms with E-state index in [0.29, 0.717) is 5.56 Å². The van der Waals surface area contributed by atoms with Gasteiger partial charge in [0.05, 0.1) is 0 Å². The molecule has 0 saturated carbocycles. The summed E-state index contributed by atoms with van der Waals surface area (Å²) in [6.07, 6.45) is -1.59. The third-order valence-corrected chi connectivity index (χ3v) is 2.24. The van der Waals surface area contributed by atoms with Crippen LogP contribution >= 0.6 is 11.6 Å². The minimum absolute atomic E-state index is 0.0640. The van der Waals surface area contributed by atoms with E-state index in [4.69, 9.17) is 11.6 Å². The third kappa shape index (κ3) is 4.81. The van der Waals surface area contributed by atoms with Crippen LogP contribution in [0.4, 0.5) is 4.39 Å². The number of hydrogen-bond donors (Lipinski definition) is 1. The van der Waals surface area contributed by atoms with E-state index < -0.39 is 17.7 Å². The van der Waals surface area contributed by atoms with Crippen molar-refractivity contribution in [2.24, 2.45) is 5.16 Å². The van der Waals surface area contributed by atoms with Crippen LogP contribution in [0.2, 0.25) is 0 Å². The topological polar surface area (TPSA) is 58.9 Å². The lowest BCUT2D eigenvalue weighted by Gasteiger charge is -2.13. The maximum absolute atomic E-state index is 12.7. The van der Waals surface area contributed by atoms with Crippen LogP contribution in [0.3, 0.4) is 0 Å². The van der Waals surface area contributed by atoms with Crippen molar-refractivity contribution in [1.29, 1.82) is 0 Å². The Morgan fingerprint density at radius 2 is 2.11 bits per heavy atom. The zero-order valence-electron chi connectivity index (χ0n) is 9.72. The van der Waals surface area contributed by atoms with Gasteiger partial charge in [0.15, 0.2) is 5.63 Å². The molecule has 1 aromatic rings. The Morgan fingerprint density at radius 1 is 1.50 bits per heavy atom. The number of nitrogens with zero attached hydrogens (tertiary/aromatic N) is 1. The first-order valence-corrected chi connectivity index (χ1v) is 5.71. The first kappa shape index (κ1) is 14.6. The number of aliphatic hydroxyl groups excluding tert-OH is 1. The monoisotopic (exact) mass is 273 g/mol. The van der Waals surface area contributed by atoms with Crippen LogP contribution in [0, 0.1) is 0 Å². The van der Waals surface area contributed by atoms with Gasteiger partial charge < -0.3 is 9.94 Å².